The molecule has 2 aromatic carbocycles. The number of anilines is 1. The molecule has 0 atom stereocenters. The Labute approximate surface area is 151 Å². The molecule has 136 valence electrons. The lowest BCUT2D eigenvalue weighted by Crippen LogP contribution is -2.20. The average Bonchev–Trinajstić information content (AvgIpc) is 2.59. The van der Waals surface area contributed by atoms with Gasteiger partial charge in [-0.1, -0.05) is 18.7 Å². The second kappa shape index (κ2) is 8.20. The Bertz CT molecular complexity index is 862. The Balaban J connectivity index is 2.54. The summed E-state index contributed by atoms with van der Waals surface area (Å²) in [7, 11) is 0. The van der Waals surface area contributed by atoms with Gasteiger partial charge in [-0.15, -0.1) is 0 Å². The average molecular weight is 356 g/mol. The molecule has 0 fully saturated rings. The van der Waals surface area contributed by atoms with Crippen LogP contribution < -0.4 is 15.4 Å². The van der Waals surface area contributed by atoms with E-state index in [-0.39, 0.29) is 11.3 Å². The van der Waals surface area contributed by atoms with Crippen molar-refractivity contribution in [3.63, 3.8) is 0 Å². The summed E-state index contributed by atoms with van der Waals surface area (Å²) in [5, 5.41) is 9.11. The fraction of sp³-hybridized carbons (Fsp3) is 0.150. The lowest BCUT2D eigenvalue weighted by Gasteiger charge is -2.24. The Kier molecular flexibility index (Phi) is 6.01. The third-order valence-corrected chi connectivity index (χ3v) is 3.65. The largest absolute Gasteiger partial charge is 0.494 e. The molecule has 0 aliphatic heterocycles. The number of aliphatic carboxylic acids is 1. The SMILES string of the molecule is C=C(c1ccc(C)cc1F)N(/C=C(\N)C(=O)O)c1cccc(OCC)c1. The minimum atomic E-state index is -1.28. The molecule has 0 spiro atoms. The van der Waals surface area contributed by atoms with E-state index in [1.165, 1.54) is 17.2 Å². The summed E-state index contributed by atoms with van der Waals surface area (Å²) >= 11 is 0. The minimum Gasteiger partial charge on any atom is -0.494 e. The third kappa shape index (κ3) is 4.42. The van der Waals surface area contributed by atoms with Gasteiger partial charge in [-0.05, 0) is 43.7 Å². The van der Waals surface area contributed by atoms with E-state index in [0.29, 0.717) is 18.0 Å². The number of nitrogens with zero attached hydrogens (tertiary/aromatic N) is 1. The van der Waals surface area contributed by atoms with Crippen LogP contribution >= 0.6 is 0 Å². The van der Waals surface area contributed by atoms with Crippen LogP contribution in [0.2, 0.25) is 0 Å². The van der Waals surface area contributed by atoms with Gasteiger partial charge < -0.3 is 20.5 Å². The molecule has 0 aliphatic rings. The number of rotatable bonds is 7. The number of hydrogen-bond acceptors (Lipinski definition) is 4. The van der Waals surface area contributed by atoms with E-state index in [2.05, 4.69) is 6.58 Å². The maximum Gasteiger partial charge on any atom is 0.353 e. The van der Waals surface area contributed by atoms with E-state index in [4.69, 9.17) is 15.6 Å². The van der Waals surface area contributed by atoms with Gasteiger partial charge in [0.1, 0.15) is 17.3 Å². The molecule has 0 unspecified atom stereocenters. The monoisotopic (exact) mass is 356 g/mol. The van der Waals surface area contributed by atoms with Crippen LogP contribution in [-0.2, 0) is 4.79 Å². The first-order valence-corrected chi connectivity index (χ1v) is 8.01. The van der Waals surface area contributed by atoms with Gasteiger partial charge in [-0.2, -0.15) is 0 Å². The summed E-state index contributed by atoms with van der Waals surface area (Å²) in [5.41, 5.74) is 6.99. The highest BCUT2D eigenvalue weighted by Gasteiger charge is 2.16. The van der Waals surface area contributed by atoms with E-state index >= 15 is 0 Å². The zero-order chi connectivity index (χ0) is 19.3. The van der Waals surface area contributed by atoms with E-state index in [1.54, 1.807) is 43.3 Å². The molecule has 2 aromatic rings. The summed E-state index contributed by atoms with van der Waals surface area (Å²) in [6.45, 7) is 8.04. The molecule has 0 aliphatic carbocycles. The van der Waals surface area contributed by atoms with Crippen molar-refractivity contribution in [1.29, 1.82) is 0 Å². The predicted molar refractivity (Wildman–Crippen MR) is 100 cm³/mol. The molecule has 0 radical (unpaired) electrons. The molecular formula is C20H21FN2O3. The first kappa shape index (κ1) is 19.1. The molecule has 5 nitrogen and oxygen atoms in total. The summed E-state index contributed by atoms with van der Waals surface area (Å²) in [6, 6.07) is 11.7. The number of halogens is 1. The van der Waals surface area contributed by atoms with Crippen molar-refractivity contribution < 1.29 is 19.0 Å². The van der Waals surface area contributed by atoms with Crippen molar-refractivity contribution >= 4 is 17.4 Å². The predicted octanol–water partition coefficient (Wildman–Crippen LogP) is 3.89. The van der Waals surface area contributed by atoms with Crippen molar-refractivity contribution in [3.05, 3.63) is 77.9 Å². The Morgan fingerprint density at radius 3 is 2.69 bits per heavy atom. The second-order valence-corrected chi connectivity index (χ2v) is 5.62. The first-order valence-electron chi connectivity index (χ1n) is 8.01. The fourth-order valence-corrected chi connectivity index (χ4v) is 2.38. The summed E-state index contributed by atoms with van der Waals surface area (Å²) in [4.78, 5) is 12.6. The third-order valence-electron chi connectivity index (χ3n) is 3.65. The maximum absolute atomic E-state index is 14.4. The van der Waals surface area contributed by atoms with E-state index in [0.717, 1.165) is 5.56 Å². The van der Waals surface area contributed by atoms with E-state index < -0.39 is 17.5 Å². The first-order chi connectivity index (χ1) is 12.3. The fourth-order valence-electron chi connectivity index (χ4n) is 2.38. The molecule has 0 heterocycles. The Morgan fingerprint density at radius 1 is 1.35 bits per heavy atom. The highest BCUT2D eigenvalue weighted by atomic mass is 19.1. The quantitative estimate of drug-likeness (QED) is 0.736. The molecule has 0 saturated carbocycles. The minimum absolute atomic E-state index is 0.242. The van der Waals surface area contributed by atoms with Crippen molar-refractivity contribution in [2.75, 3.05) is 11.5 Å². The van der Waals surface area contributed by atoms with Crippen LogP contribution in [0.3, 0.4) is 0 Å². The van der Waals surface area contributed by atoms with E-state index in [9.17, 15) is 9.18 Å². The van der Waals surface area contributed by atoms with Crippen molar-refractivity contribution in [3.8, 4) is 5.75 Å². The van der Waals surface area contributed by atoms with Crippen LogP contribution in [0, 0.1) is 12.7 Å². The van der Waals surface area contributed by atoms with Crippen molar-refractivity contribution in [2.45, 2.75) is 13.8 Å². The standard InChI is InChI=1S/C20H21FN2O3/c1-4-26-16-7-5-6-15(11-16)23(12-19(22)20(24)25)14(3)17-9-8-13(2)10-18(17)21/h5-12H,3-4,22H2,1-2H3,(H,24,25)/b19-12-. The lowest BCUT2D eigenvalue weighted by atomic mass is 10.1. The van der Waals surface area contributed by atoms with Crippen LogP contribution in [0.25, 0.3) is 5.70 Å². The number of carboxylic acid groups (broad SMARTS) is 1. The van der Waals surface area contributed by atoms with Crippen LogP contribution in [0.4, 0.5) is 10.1 Å². The number of aryl methyl sites for hydroxylation is 1. The van der Waals surface area contributed by atoms with Gasteiger partial charge in [0.15, 0.2) is 0 Å². The number of nitrogens with two attached hydrogens (primary N) is 1. The zero-order valence-electron chi connectivity index (χ0n) is 14.7. The van der Waals surface area contributed by atoms with Crippen molar-refractivity contribution in [2.24, 2.45) is 5.73 Å². The summed E-state index contributed by atoms with van der Waals surface area (Å²) in [6.07, 6.45) is 1.20. The van der Waals surface area contributed by atoms with Crippen LogP contribution in [-0.4, -0.2) is 17.7 Å². The highest BCUT2D eigenvalue weighted by Crippen LogP contribution is 2.30. The lowest BCUT2D eigenvalue weighted by molar-refractivity contribution is -0.132. The van der Waals surface area contributed by atoms with Gasteiger partial charge in [0.05, 0.1) is 6.61 Å². The number of hydrogen-bond donors (Lipinski definition) is 2. The Hall–Kier alpha value is -3.28. The number of carbonyl (C=O) groups is 1. The molecule has 0 bridgehead atoms. The summed E-state index contributed by atoms with van der Waals surface area (Å²) < 4.78 is 19.9. The molecule has 6 heteroatoms. The van der Waals surface area contributed by atoms with Crippen LogP contribution in [0.15, 0.2) is 60.9 Å². The van der Waals surface area contributed by atoms with Crippen LogP contribution in [0.1, 0.15) is 18.1 Å². The molecule has 2 rings (SSSR count). The maximum atomic E-state index is 14.4. The number of benzene rings is 2. The normalized spacial score (nSPS) is 11.1. The van der Waals surface area contributed by atoms with Crippen LogP contribution in [0.5, 0.6) is 5.75 Å². The molecule has 3 N–H and O–H groups in total. The Morgan fingerprint density at radius 2 is 2.08 bits per heavy atom. The number of carboxylic acids is 1. The smallest absolute Gasteiger partial charge is 0.353 e. The van der Waals surface area contributed by atoms with Gasteiger partial charge >= 0.3 is 5.97 Å². The molecule has 0 saturated heterocycles. The van der Waals surface area contributed by atoms with Gasteiger partial charge in [0, 0.05) is 29.2 Å². The zero-order valence-corrected chi connectivity index (χ0v) is 14.7. The van der Waals surface area contributed by atoms with Gasteiger partial charge in [0.2, 0.25) is 0 Å². The second-order valence-electron chi connectivity index (χ2n) is 5.62. The van der Waals surface area contributed by atoms with Gasteiger partial charge in [-0.3, -0.25) is 0 Å². The summed E-state index contributed by atoms with van der Waals surface area (Å²) in [5.74, 6) is -1.15. The van der Waals surface area contributed by atoms with E-state index in [1.807, 2.05) is 6.92 Å². The van der Waals surface area contributed by atoms with Crippen molar-refractivity contribution in [1.82, 2.24) is 0 Å². The van der Waals surface area contributed by atoms with Gasteiger partial charge in [0.25, 0.3) is 0 Å². The molecule has 26 heavy (non-hydrogen) atoms. The highest BCUT2D eigenvalue weighted by molar-refractivity contribution is 5.89. The molecule has 0 amide bonds. The molecular weight excluding hydrogens is 335 g/mol. The number of ether oxygens (including phenoxy) is 1. The van der Waals surface area contributed by atoms with Gasteiger partial charge in [-0.25, -0.2) is 9.18 Å². The molecule has 0 aromatic heterocycles. The topological polar surface area (TPSA) is 75.8 Å².